The molecule has 0 aliphatic carbocycles. The van der Waals surface area contributed by atoms with E-state index in [1.165, 1.54) is 0 Å². The summed E-state index contributed by atoms with van der Waals surface area (Å²) in [6, 6.07) is 1.84. The molecule has 5 nitrogen and oxygen atoms in total. The number of anilines is 1. The topological polar surface area (TPSA) is 56.3 Å². The molecule has 5 heteroatoms. The first kappa shape index (κ1) is 15.7. The number of hydrogen-bond acceptors (Lipinski definition) is 5. The van der Waals surface area contributed by atoms with E-state index in [-0.39, 0.29) is 6.10 Å². The fourth-order valence-electron chi connectivity index (χ4n) is 1.66. The van der Waals surface area contributed by atoms with Crippen LogP contribution in [0.5, 0.6) is 5.88 Å². The zero-order valence-electron chi connectivity index (χ0n) is 12.4. The van der Waals surface area contributed by atoms with Crippen LogP contribution < -0.4 is 10.1 Å². The predicted molar refractivity (Wildman–Crippen MR) is 76.8 cm³/mol. The zero-order chi connectivity index (χ0) is 14.1. The molecule has 0 saturated carbocycles. The lowest BCUT2D eigenvalue weighted by Crippen LogP contribution is -2.20. The molecule has 0 saturated heterocycles. The summed E-state index contributed by atoms with van der Waals surface area (Å²) in [6.07, 6.45) is 1.86. The average Bonchev–Trinajstić information content (AvgIpc) is 2.37. The molecule has 0 radical (unpaired) electrons. The molecule has 1 unspecified atom stereocenters. The van der Waals surface area contributed by atoms with Crippen molar-refractivity contribution in [1.82, 2.24) is 9.97 Å². The summed E-state index contributed by atoms with van der Waals surface area (Å²) < 4.78 is 11.1. The van der Waals surface area contributed by atoms with Gasteiger partial charge in [-0.25, -0.2) is 4.98 Å². The van der Waals surface area contributed by atoms with E-state index in [1.807, 2.05) is 26.8 Å². The maximum atomic E-state index is 5.77. The molecule has 1 heterocycles. The highest BCUT2D eigenvalue weighted by atomic mass is 16.5. The van der Waals surface area contributed by atoms with Crippen molar-refractivity contribution in [2.45, 2.75) is 46.6 Å². The molecule has 0 fully saturated rings. The highest BCUT2D eigenvalue weighted by Crippen LogP contribution is 2.16. The van der Waals surface area contributed by atoms with Crippen LogP contribution in [-0.4, -0.2) is 35.8 Å². The van der Waals surface area contributed by atoms with Crippen LogP contribution in [0.15, 0.2) is 6.07 Å². The van der Waals surface area contributed by atoms with Gasteiger partial charge in [0.25, 0.3) is 0 Å². The molecular formula is C14H25N3O2. The SMILES string of the molecule is CCCc1nc(NCC)cc(OC(C)COCC)n1. The average molecular weight is 267 g/mol. The smallest absolute Gasteiger partial charge is 0.219 e. The Morgan fingerprint density at radius 1 is 1.26 bits per heavy atom. The standard InChI is InChI=1S/C14H25N3O2/c1-5-8-12-16-13(15-6-2)9-14(17-12)19-11(4)10-18-7-3/h9,11H,5-8,10H2,1-4H3,(H,15,16,17). The Balaban J connectivity index is 2.74. The number of nitrogens with zero attached hydrogens (tertiary/aromatic N) is 2. The van der Waals surface area contributed by atoms with Crippen LogP contribution >= 0.6 is 0 Å². The van der Waals surface area contributed by atoms with Gasteiger partial charge in [0.05, 0.1) is 6.61 Å². The van der Waals surface area contributed by atoms with E-state index in [0.29, 0.717) is 19.1 Å². The summed E-state index contributed by atoms with van der Waals surface area (Å²) in [7, 11) is 0. The molecular weight excluding hydrogens is 242 g/mol. The minimum absolute atomic E-state index is 0.0150. The second kappa shape index (κ2) is 8.69. The summed E-state index contributed by atoms with van der Waals surface area (Å²) in [5.41, 5.74) is 0. The molecule has 1 atom stereocenters. The van der Waals surface area contributed by atoms with E-state index < -0.39 is 0 Å². The number of hydrogen-bond donors (Lipinski definition) is 1. The molecule has 1 rings (SSSR count). The van der Waals surface area contributed by atoms with E-state index in [9.17, 15) is 0 Å². The second-order valence-electron chi connectivity index (χ2n) is 4.38. The first-order valence-electron chi connectivity index (χ1n) is 7.05. The predicted octanol–water partition coefficient (Wildman–Crippen LogP) is 2.66. The van der Waals surface area contributed by atoms with Crippen molar-refractivity contribution in [2.24, 2.45) is 0 Å². The summed E-state index contributed by atoms with van der Waals surface area (Å²) in [5.74, 6) is 2.25. The largest absolute Gasteiger partial charge is 0.472 e. The third-order valence-electron chi connectivity index (χ3n) is 2.46. The first-order chi connectivity index (χ1) is 9.19. The van der Waals surface area contributed by atoms with Crippen LogP contribution in [0.1, 0.15) is 39.9 Å². The van der Waals surface area contributed by atoms with E-state index in [2.05, 4.69) is 22.2 Å². The number of rotatable bonds is 9. The lowest BCUT2D eigenvalue weighted by Gasteiger charge is -2.15. The minimum atomic E-state index is -0.0150. The molecule has 1 aromatic heterocycles. The van der Waals surface area contributed by atoms with Crippen LogP contribution in [0.3, 0.4) is 0 Å². The minimum Gasteiger partial charge on any atom is -0.472 e. The van der Waals surface area contributed by atoms with Gasteiger partial charge in [-0.05, 0) is 27.2 Å². The Labute approximate surface area is 115 Å². The lowest BCUT2D eigenvalue weighted by atomic mass is 10.3. The van der Waals surface area contributed by atoms with Gasteiger partial charge < -0.3 is 14.8 Å². The molecule has 1 aromatic rings. The van der Waals surface area contributed by atoms with Crippen molar-refractivity contribution < 1.29 is 9.47 Å². The maximum Gasteiger partial charge on any atom is 0.219 e. The fourth-order valence-corrected chi connectivity index (χ4v) is 1.66. The van der Waals surface area contributed by atoms with Gasteiger partial charge in [0.2, 0.25) is 5.88 Å². The Morgan fingerprint density at radius 2 is 2.05 bits per heavy atom. The van der Waals surface area contributed by atoms with Gasteiger partial charge >= 0.3 is 0 Å². The maximum absolute atomic E-state index is 5.77. The number of nitrogens with one attached hydrogen (secondary N) is 1. The normalized spacial score (nSPS) is 12.2. The molecule has 0 amide bonds. The van der Waals surface area contributed by atoms with Crippen LogP contribution in [0.4, 0.5) is 5.82 Å². The zero-order valence-corrected chi connectivity index (χ0v) is 12.4. The molecule has 108 valence electrons. The first-order valence-corrected chi connectivity index (χ1v) is 7.05. The number of ether oxygens (including phenoxy) is 2. The number of aryl methyl sites for hydroxylation is 1. The lowest BCUT2D eigenvalue weighted by molar-refractivity contribution is 0.0632. The monoisotopic (exact) mass is 267 g/mol. The van der Waals surface area contributed by atoms with Crippen molar-refractivity contribution in [3.8, 4) is 5.88 Å². The molecule has 19 heavy (non-hydrogen) atoms. The third-order valence-corrected chi connectivity index (χ3v) is 2.46. The molecule has 0 aromatic carbocycles. The highest BCUT2D eigenvalue weighted by molar-refractivity contribution is 5.38. The van der Waals surface area contributed by atoms with Crippen molar-refractivity contribution in [3.05, 3.63) is 11.9 Å². The quantitative estimate of drug-likeness (QED) is 0.745. The van der Waals surface area contributed by atoms with Crippen LogP contribution in [-0.2, 0) is 11.2 Å². The Hall–Kier alpha value is -1.36. The van der Waals surface area contributed by atoms with Crippen LogP contribution in [0.2, 0.25) is 0 Å². The Kier molecular flexibility index (Phi) is 7.18. The van der Waals surface area contributed by atoms with Gasteiger partial charge in [-0.2, -0.15) is 4.98 Å². The fraction of sp³-hybridized carbons (Fsp3) is 0.714. The number of aromatic nitrogens is 2. The molecule has 0 bridgehead atoms. The van der Waals surface area contributed by atoms with Crippen molar-refractivity contribution in [3.63, 3.8) is 0 Å². The second-order valence-corrected chi connectivity index (χ2v) is 4.38. The molecule has 1 N–H and O–H groups in total. The van der Waals surface area contributed by atoms with Crippen molar-refractivity contribution >= 4 is 5.82 Å². The van der Waals surface area contributed by atoms with Crippen molar-refractivity contribution in [1.29, 1.82) is 0 Å². The van der Waals surface area contributed by atoms with Gasteiger partial charge in [-0.15, -0.1) is 0 Å². The summed E-state index contributed by atoms with van der Waals surface area (Å²) in [6.45, 7) is 10.2. The van der Waals surface area contributed by atoms with Gasteiger partial charge in [-0.3, -0.25) is 0 Å². The van der Waals surface area contributed by atoms with Gasteiger partial charge in [0, 0.05) is 25.6 Å². The van der Waals surface area contributed by atoms with E-state index in [1.54, 1.807) is 0 Å². The van der Waals surface area contributed by atoms with E-state index in [4.69, 9.17) is 9.47 Å². The summed E-state index contributed by atoms with van der Waals surface area (Å²) in [5, 5.41) is 3.20. The summed E-state index contributed by atoms with van der Waals surface area (Å²) in [4.78, 5) is 8.87. The molecule has 0 aliphatic heterocycles. The van der Waals surface area contributed by atoms with E-state index in [0.717, 1.165) is 31.0 Å². The van der Waals surface area contributed by atoms with Crippen LogP contribution in [0.25, 0.3) is 0 Å². The Bertz CT molecular complexity index is 347. The van der Waals surface area contributed by atoms with Crippen LogP contribution in [0, 0.1) is 0 Å². The Morgan fingerprint density at radius 3 is 2.68 bits per heavy atom. The van der Waals surface area contributed by atoms with Gasteiger partial charge in [0.1, 0.15) is 17.7 Å². The van der Waals surface area contributed by atoms with E-state index >= 15 is 0 Å². The molecule has 0 spiro atoms. The van der Waals surface area contributed by atoms with Gasteiger partial charge in [-0.1, -0.05) is 6.92 Å². The summed E-state index contributed by atoms with van der Waals surface area (Å²) >= 11 is 0. The van der Waals surface area contributed by atoms with Gasteiger partial charge in [0.15, 0.2) is 0 Å². The third kappa shape index (κ3) is 5.87. The molecule has 0 aliphatic rings. The highest BCUT2D eigenvalue weighted by Gasteiger charge is 2.09. The van der Waals surface area contributed by atoms with Crippen molar-refractivity contribution in [2.75, 3.05) is 25.1 Å².